The number of non-ortho nitro benzene ring substituents is 1. The molecule has 0 fully saturated rings. The number of alkyl halides is 3. The van der Waals surface area contributed by atoms with Gasteiger partial charge in [0.1, 0.15) is 11.6 Å². The minimum Gasteiger partial charge on any atom is -0.494 e. The number of nitro groups is 1. The summed E-state index contributed by atoms with van der Waals surface area (Å²) < 4.78 is 57.5. The van der Waals surface area contributed by atoms with Gasteiger partial charge in [-0.15, -0.1) is 0 Å². The van der Waals surface area contributed by atoms with Gasteiger partial charge in [-0.05, 0) is 30.7 Å². The van der Waals surface area contributed by atoms with Crippen molar-refractivity contribution in [1.29, 1.82) is 5.26 Å². The molecule has 0 aliphatic heterocycles. The van der Waals surface area contributed by atoms with Crippen LogP contribution in [0.4, 0.5) is 23.2 Å². The van der Waals surface area contributed by atoms with Crippen molar-refractivity contribution in [1.82, 2.24) is 5.32 Å². The molecule has 2 aromatic rings. The Labute approximate surface area is 161 Å². The molecule has 1 N–H and O–H groups in total. The number of nitrogens with zero attached hydrogens (tertiary/aromatic N) is 2. The van der Waals surface area contributed by atoms with Crippen LogP contribution in [0.2, 0.25) is 0 Å². The quantitative estimate of drug-likeness (QED) is 0.323. The molecule has 0 saturated heterocycles. The summed E-state index contributed by atoms with van der Waals surface area (Å²) in [5, 5.41) is 21.8. The topological polar surface area (TPSA) is 105 Å². The fourth-order valence-electron chi connectivity index (χ4n) is 2.31. The molecule has 0 radical (unpaired) electrons. The fraction of sp³-hybridized carbons (Fsp3) is 0.222. The number of hydrogen-bond donors (Lipinski definition) is 1. The number of hydrogen-bond acceptors (Lipinski definition) is 5. The number of carbonyl (C=O) groups is 1. The van der Waals surface area contributed by atoms with Gasteiger partial charge in [-0.25, -0.2) is 4.39 Å². The Hall–Kier alpha value is -3.68. The number of rotatable bonds is 7. The predicted octanol–water partition coefficient (Wildman–Crippen LogP) is 3.82. The number of nitro benzene ring substituents is 1. The van der Waals surface area contributed by atoms with E-state index in [0.29, 0.717) is 6.07 Å². The molecule has 0 aliphatic carbocycles. The monoisotopic (exact) mass is 411 g/mol. The molecule has 0 aromatic heterocycles. The van der Waals surface area contributed by atoms with E-state index in [9.17, 15) is 32.5 Å². The first kappa shape index (κ1) is 21.6. The number of amides is 1. The van der Waals surface area contributed by atoms with Crippen LogP contribution in [0, 0.1) is 27.3 Å². The highest BCUT2D eigenvalue weighted by molar-refractivity contribution is 5.95. The van der Waals surface area contributed by atoms with Crippen LogP contribution in [0.3, 0.4) is 0 Å². The molecule has 152 valence electrons. The van der Waals surface area contributed by atoms with Gasteiger partial charge < -0.3 is 10.1 Å². The predicted molar refractivity (Wildman–Crippen MR) is 91.7 cm³/mol. The van der Waals surface area contributed by atoms with E-state index in [1.165, 1.54) is 12.1 Å². The number of nitriles is 1. The summed E-state index contributed by atoms with van der Waals surface area (Å²) in [5.41, 5.74) is -2.59. The second-order valence-electron chi connectivity index (χ2n) is 5.70. The highest BCUT2D eigenvalue weighted by Crippen LogP contribution is 2.34. The van der Waals surface area contributed by atoms with Crippen LogP contribution in [-0.4, -0.2) is 24.0 Å². The van der Waals surface area contributed by atoms with Gasteiger partial charge in [0.15, 0.2) is 0 Å². The van der Waals surface area contributed by atoms with Crippen LogP contribution in [0.5, 0.6) is 5.75 Å². The lowest BCUT2D eigenvalue weighted by molar-refractivity contribution is -0.384. The Bertz CT molecular complexity index is 971. The first-order valence-corrected chi connectivity index (χ1v) is 8.09. The molecule has 7 nitrogen and oxygen atoms in total. The highest BCUT2D eigenvalue weighted by atomic mass is 19.4. The van der Waals surface area contributed by atoms with Gasteiger partial charge in [0.05, 0.1) is 34.3 Å². The summed E-state index contributed by atoms with van der Waals surface area (Å²) in [6.45, 7) is -0.0791. The van der Waals surface area contributed by atoms with Crippen molar-refractivity contribution in [2.24, 2.45) is 0 Å². The Morgan fingerprint density at radius 2 is 1.97 bits per heavy atom. The Balaban J connectivity index is 1.89. The summed E-state index contributed by atoms with van der Waals surface area (Å²) in [6, 6.07) is 6.89. The molecule has 0 heterocycles. The van der Waals surface area contributed by atoms with Crippen LogP contribution in [0.25, 0.3) is 0 Å². The van der Waals surface area contributed by atoms with Crippen molar-refractivity contribution >= 4 is 11.6 Å². The van der Waals surface area contributed by atoms with E-state index < -0.39 is 45.2 Å². The molecule has 0 saturated carbocycles. The van der Waals surface area contributed by atoms with E-state index in [1.54, 1.807) is 0 Å². The Kier molecular flexibility index (Phi) is 6.71. The number of benzene rings is 2. The minimum absolute atomic E-state index is 0.0105. The smallest absolute Gasteiger partial charge is 0.417 e. The SMILES string of the molecule is N#Cc1ccc(OCCCNC(=O)c2cc([N+](=O)[O-])ccc2F)cc1C(F)(F)F. The zero-order valence-electron chi connectivity index (χ0n) is 14.6. The zero-order valence-corrected chi connectivity index (χ0v) is 14.6. The average Bonchev–Trinajstić information content (AvgIpc) is 2.66. The summed E-state index contributed by atoms with van der Waals surface area (Å²) >= 11 is 0. The molecule has 0 bridgehead atoms. The fourth-order valence-corrected chi connectivity index (χ4v) is 2.31. The molecule has 2 aromatic carbocycles. The van der Waals surface area contributed by atoms with Crippen LogP contribution >= 0.6 is 0 Å². The van der Waals surface area contributed by atoms with Gasteiger partial charge in [-0.1, -0.05) is 0 Å². The van der Waals surface area contributed by atoms with Crippen LogP contribution in [0.1, 0.15) is 27.9 Å². The summed E-state index contributed by atoms with van der Waals surface area (Å²) in [7, 11) is 0. The van der Waals surface area contributed by atoms with Gasteiger partial charge in [-0.2, -0.15) is 18.4 Å². The highest BCUT2D eigenvalue weighted by Gasteiger charge is 2.34. The van der Waals surface area contributed by atoms with Crippen molar-refractivity contribution < 1.29 is 32.0 Å². The molecule has 0 unspecified atom stereocenters. The summed E-state index contributed by atoms with van der Waals surface area (Å²) in [4.78, 5) is 21.9. The first-order chi connectivity index (χ1) is 13.6. The van der Waals surface area contributed by atoms with Gasteiger partial charge in [0.25, 0.3) is 11.6 Å². The molecule has 29 heavy (non-hydrogen) atoms. The van der Waals surface area contributed by atoms with Gasteiger partial charge in [0.2, 0.25) is 0 Å². The molecular formula is C18H13F4N3O4. The third-order valence-electron chi connectivity index (χ3n) is 3.70. The number of nitrogens with one attached hydrogen (secondary N) is 1. The van der Waals surface area contributed by atoms with E-state index in [-0.39, 0.29) is 25.3 Å². The van der Waals surface area contributed by atoms with Crippen molar-refractivity contribution in [2.45, 2.75) is 12.6 Å². The maximum Gasteiger partial charge on any atom is 0.417 e. The van der Waals surface area contributed by atoms with E-state index in [1.807, 2.05) is 0 Å². The van der Waals surface area contributed by atoms with Crippen LogP contribution in [-0.2, 0) is 6.18 Å². The van der Waals surface area contributed by atoms with Crippen molar-refractivity contribution in [2.75, 3.05) is 13.2 Å². The van der Waals surface area contributed by atoms with Crippen molar-refractivity contribution in [3.05, 3.63) is 69.0 Å². The zero-order chi connectivity index (χ0) is 21.6. The van der Waals surface area contributed by atoms with Gasteiger partial charge >= 0.3 is 6.18 Å². The maximum absolute atomic E-state index is 13.7. The van der Waals surface area contributed by atoms with E-state index in [2.05, 4.69) is 5.32 Å². The average molecular weight is 411 g/mol. The lowest BCUT2D eigenvalue weighted by Crippen LogP contribution is -2.26. The lowest BCUT2D eigenvalue weighted by atomic mass is 10.1. The standard InChI is InChI=1S/C18H13F4N3O4/c19-16-5-3-12(25(27)28)8-14(16)17(26)24-6-1-7-29-13-4-2-11(10-23)15(9-13)18(20,21)22/h2-5,8-9H,1,6-7H2,(H,24,26). The number of carbonyl (C=O) groups excluding carboxylic acids is 1. The summed E-state index contributed by atoms with van der Waals surface area (Å²) in [5.74, 6) is -1.90. The number of halogens is 4. The minimum atomic E-state index is -4.71. The van der Waals surface area contributed by atoms with E-state index in [0.717, 1.165) is 24.3 Å². The lowest BCUT2D eigenvalue weighted by Gasteiger charge is -2.12. The second kappa shape index (κ2) is 9.01. The van der Waals surface area contributed by atoms with Crippen molar-refractivity contribution in [3.63, 3.8) is 0 Å². The molecule has 0 aliphatic rings. The van der Waals surface area contributed by atoms with Crippen LogP contribution in [0.15, 0.2) is 36.4 Å². The van der Waals surface area contributed by atoms with Crippen LogP contribution < -0.4 is 10.1 Å². The molecule has 11 heteroatoms. The third-order valence-corrected chi connectivity index (χ3v) is 3.70. The molecule has 2 rings (SSSR count). The second-order valence-corrected chi connectivity index (χ2v) is 5.70. The Morgan fingerprint density at radius 1 is 1.24 bits per heavy atom. The molecule has 0 spiro atoms. The van der Waals surface area contributed by atoms with Gasteiger partial charge in [0, 0.05) is 18.7 Å². The van der Waals surface area contributed by atoms with E-state index >= 15 is 0 Å². The largest absolute Gasteiger partial charge is 0.494 e. The van der Waals surface area contributed by atoms with E-state index in [4.69, 9.17) is 10.00 Å². The van der Waals surface area contributed by atoms with Gasteiger partial charge in [-0.3, -0.25) is 14.9 Å². The summed E-state index contributed by atoms with van der Waals surface area (Å²) in [6.07, 6.45) is -4.54. The molecular weight excluding hydrogens is 398 g/mol. The maximum atomic E-state index is 13.7. The third kappa shape index (κ3) is 5.65. The normalized spacial score (nSPS) is 10.9. The first-order valence-electron chi connectivity index (χ1n) is 8.09. The number of ether oxygens (including phenoxy) is 1. The van der Waals surface area contributed by atoms with Crippen molar-refractivity contribution in [3.8, 4) is 11.8 Å². The molecule has 0 atom stereocenters. The molecule has 1 amide bonds. The Morgan fingerprint density at radius 3 is 2.59 bits per heavy atom.